The summed E-state index contributed by atoms with van der Waals surface area (Å²) < 4.78 is 0. The summed E-state index contributed by atoms with van der Waals surface area (Å²) in [5.41, 5.74) is 1.28. The van der Waals surface area contributed by atoms with Crippen LogP contribution in [-0.2, 0) is 4.79 Å². The maximum Gasteiger partial charge on any atom is 0.306 e. The van der Waals surface area contributed by atoms with Crippen molar-refractivity contribution in [3.8, 4) is 0 Å². The summed E-state index contributed by atoms with van der Waals surface area (Å²) in [5, 5.41) is 9.16. The van der Waals surface area contributed by atoms with Crippen LogP contribution in [0.4, 0.5) is 5.69 Å². The van der Waals surface area contributed by atoms with Crippen LogP contribution in [0.25, 0.3) is 0 Å². The third-order valence-electron chi connectivity index (χ3n) is 4.33. The molecule has 1 saturated carbocycles. The molecule has 1 aromatic rings. The summed E-state index contributed by atoms with van der Waals surface area (Å²) >= 11 is 0. The lowest BCUT2D eigenvalue weighted by Crippen LogP contribution is -2.45. The normalized spacial score (nSPS) is 31.1. The average Bonchev–Trinajstić information content (AvgIpc) is 2.38. The quantitative estimate of drug-likeness (QED) is 0.870. The fourth-order valence-corrected chi connectivity index (χ4v) is 3.61. The second kappa shape index (κ2) is 4.63. The van der Waals surface area contributed by atoms with Gasteiger partial charge in [0, 0.05) is 18.8 Å². The number of carbonyl (C=O) groups is 1. The predicted molar refractivity (Wildman–Crippen MR) is 70.6 cm³/mol. The van der Waals surface area contributed by atoms with Crippen LogP contribution in [0.5, 0.6) is 0 Å². The zero-order chi connectivity index (χ0) is 12.5. The van der Waals surface area contributed by atoms with Gasteiger partial charge < -0.3 is 10.0 Å². The maximum atomic E-state index is 11.1. The molecule has 1 aliphatic heterocycles. The highest BCUT2D eigenvalue weighted by molar-refractivity contribution is 5.70. The van der Waals surface area contributed by atoms with E-state index in [1.807, 2.05) is 6.07 Å². The van der Waals surface area contributed by atoms with Gasteiger partial charge in [0.1, 0.15) is 0 Å². The highest BCUT2D eigenvalue weighted by Crippen LogP contribution is 2.39. The van der Waals surface area contributed by atoms with E-state index in [0.29, 0.717) is 11.8 Å². The molecule has 96 valence electrons. The van der Waals surface area contributed by atoms with Crippen LogP contribution < -0.4 is 4.90 Å². The van der Waals surface area contributed by atoms with Gasteiger partial charge in [-0.1, -0.05) is 18.2 Å². The van der Waals surface area contributed by atoms with Gasteiger partial charge in [0.2, 0.25) is 0 Å². The molecular weight excluding hydrogens is 226 g/mol. The summed E-state index contributed by atoms with van der Waals surface area (Å²) in [6.45, 7) is 2.04. The van der Waals surface area contributed by atoms with Crippen LogP contribution in [0.3, 0.4) is 0 Å². The van der Waals surface area contributed by atoms with Gasteiger partial charge in [-0.05, 0) is 43.2 Å². The number of nitrogens with zero attached hydrogens (tertiary/aromatic N) is 1. The molecule has 0 radical (unpaired) electrons. The van der Waals surface area contributed by atoms with Crippen molar-refractivity contribution < 1.29 is 9.90 Å². The standard InChI is InChI=1S/C15H19NO2/c17-15(18)13-7-11-6-12(8-13)10-16(9-11)14-4-2-1-3-5-14/h1-5,11-13H,6-10H2,(H,17,18). The van der Waals surface area contributed by atoms with Gasteiger partial charge in [0.25, 0.3) is 0 Å². The zero-order valence-corrected chi connectivity index (χ0v) is 10.5. The molecule has 1 heterocycles. The maximum absolute atomic E-state index is 11.1. The van der Waals surface area contributed by atoms with E-state index < -0.39 is 5.97 Å². The van der Waals surface area contributed by atoms with Gasteiger partial charge in [-0.25, -0.2) is 0 Å². The van der Waals surface area contributed by atoms with Gasteiger partial charge >= 0.3 is 5.97 Å². The summed E-state index contributed by atoms with van der Waals surface area (Å²) in [6.07, 6.45) is 2.93. The summed E-state index contributed by atoms with van der Waals surface area (Å²) in [4.78, 5) is 13.6. The van der Waals surface area contributed by atoms with Crippen LogP contribution in [0, 0.1) is 17.8 Å². The van der Waals surface area contributed by atoms with E-state index in [2.05, 4.69) is 29.2 Å². The van der Waals surface area contributed by atoms with Crippen LogP contribution in [0.1, 0.15) is 19.3 Å². The SMILES string of the molecule is O=C(O)C1CC2CC(C1)CN(c1ccccc1)C2. The van der Waals surface area contributed by atoms with Crippen LogP contribution in [0.15, 0.2) is 30.3 Å². The Morgan fingerprint density at radius 3 is 2.22 bits per heavy atom. The van der Waals surface area contributed by atoms with E-state index in [0.717, 1.165) is 25.9 Å². The Kier molecular flexibility index (Phi) is 2.98. The number of piperidine rings is 1. The molecule has 2 bridgehead atoms. The minimum Gasteiger partial charge on any atom is -0.481 e. The first-order valence-electron chi connectivity index (χ1n) is 6.75. The molecule has 3 rings (SSSR count). The Hall–Kier alpha value is -1.51. The van der Waals surface area contributed by atoms with Gasteiger partial charge in [-0.3, -0.25) is 4.79 Å². The van der Waals surface area contributed by atoms with Crippen molar-refractivity contribution in [2.24, 2.45) is 17.8 Å². The molecule has 2 fully saturated rings. The Morgan fingerprint density at radius 2 is 1.67 bits per heavy atom. The highest BCUT2D eigenvalue weighted by atomic mass is 16.4. The monoisotopic (exact) mass is 245 g/mol. The smallest absolute Gasteiger partial charge is 0.306 e. The van der Waals surface area contributed by atoms with E-state index in [1.165, 1.54) is 12.1 Å². The van der Waals surface area contributed by atoms with Crippen LogP contribution in [-0.4, -0.2) is 24.2 Å². The number of anilines is 1. The Balaban J connectivity index is 1.73. The number of hydrogen-bond acceptors (Lipinski definition) is 2. The molecule has 0 amide bonds. The number of fused-ring (bicyclic) bond motifs is 2. The molecule has 2 aliphatic rings. The first-order valence-corrected chi connectivity index (χ1v) is 6.75. The molecule has 1 aromatic carbocycles. The van der Waals surface area contributed by atoms with E-state index in [1.54, 1.807) is 0 Å². The number of aliphatic carboxylic acids is 1. The van der Waals surface area contributed by atoms with Crippen molar-refractivity contribution >= 4 is 11.7 Å². The summed E-state index contributed by atoms with van der Waals surface area (Å²) in [6, 6.07) is 10.5. The molecule has 3 heteroatoms. The predicted octanol–water partition coefficient (Wildman–Crippen LogP) is 2.62. The zero-order valence-electron chi connectivity index (χ0n) is 10.5. The Labute approximate surface area is 107 Å². The van der Waals surface area contributed by atoms with Crippen LogP contribution in [0.2, 0.25) is 0 Å². The lowest BCUT2D eigenvalue weighted by molar-refractivity contribution is -0.144. The minimum atomic E-state index is -0.599. The van der Waals surface area contributed by atoms with E-state index in [4.69, 9.17) is 5.11 Å². The molecule has 18 heavy (non-hydrogen) atoms. The second-order valence-electron chi connectivity index (χ2n) is 5.71. The molecule has 0 spiro atoms. The minimum absolute atomic E-state index is 0.105. The number of para-hydroxylation sites is 1. The Morgan fingerprint density at radius 1 is 1.06 bits per heavy atom. The largest absolute Gasteiger partial charge is 0.481 e. The summed E-state index contributed by atoms with van der Waals surface area (Å²) in [7, 11) is 0. The van der Waals surface area contributed by atoms with Gasteiger partial charge in [-0.2, -0.15) is 0 Å². The topological polar surface area (TPSA) is 40.5 Å². The lowest BCUT2D eigenvalue weighted by Gasteiger charge is -2.44. The molecule has 1 aliphatic carbocycles. The molecule has 3 nitrogen and oxygen atoms in total. The summed E-state index contributed by atoms with van der Waals surface area (Å²) in [5.74, 6) is 0.405. The first kappa shape index (κ1) is 11.6. The number of carboxylic acids is 1. The second-order valence-corrected chi connectivity index (χ2v) is 5.71. The fraction of sp³-hybridized carbons (Fsp3) is 0.533. The molecule has 2 unspecified atom stereocenters. The fourth-order valence-electron chi connectivity index (χ4n) is 3.61. The van der Waals surface area contributed by atoms with Crippen molar-refractivity contribution in [1.29, 1.82) is 0 Å². The van der Waals surface area contributed by atoms with Crippen molar-refractivity contribution in [3.05, 3.63) is 30.3 Å². The van der Waals surface area contributed by atoms with Crippen molar-refractivity contribution in [1.82, 2.24) is 0 Å². The highest BCUT2D eigenvalue weighted by Gasteiger charge is 2.37. The lowest BCUT2D eigenvalue weighted by atomic mass is 9.72. The number of hydrogen-bond donors (Lipinski definition) is 1. The number of rotatable bonds is 2. The number of benzene rings is 1. The van der Waals surface area contributed by atoms with Gasteiger partial charge in [0.05, 0.1) is 5.92 Å². The van der Waals surface area contributed by atoms with Crippen LogP contribution >= 0.6 is 0 Å². The van der Waals surface area contributed by atoms with E-state index >= 15 is 0 Å². The third kappa shape index (κ3) is 2.22. The Bertz CT molecular complexity index is 417. The van der Waals surface area contributed by atoms with E-state index in [-0.39, 0.29) is 5.92 Å². The van der Waals surface area contributed by atoms with Crippen molar-refractivity contribution in [2.75, 3.05) is 18.0 Å². The first-order chi connectivity index (χ1) is 8.72. The molecule has 0 aromatic heterocycles. The average molecular weight is 245 g/mol. The number of carboxylic acid groups (broad SMARTS) is 1. The third-order valence-corrected chi connectivity index (χ3v) is 4.33. The molecule has 2 atom stereocenters. The molecular formula is C15H19NO2. The van der Waals surface area contributed by atoms with Crippen molar-refractivity contribution in [3.63, 3.8) is 0 Å². The van der Waals surface area contributed by atoms with E-state index in [9.17, 15) is 4.79 Å². The molecule has 1 saturated heterocycles. The van der Waals surface area contributed by atoms with Gasteiger partial charge in [0.15, 0.2) is 0 Å². The van der Waals surface area contributed by atoms with Crippen molar-refractivity contribution in [2.45, 2.75) is 19.3 Å². The van der Waals surface area contributed by atoms with Gasteiger partial charge in [-0.15, -0.1) is 0 Å². The molecule has 1 N–H and O–H groups in total.